The highest BCUT2D eigenvalue weighted by Gasteiger charge is 2.02. The fourth-order valence-corrected chi connectivity index (χ4v) is 1.13. The summed E-state index contributed by atoms with van der Waals surface area (Å²) in [6.07, 6.45) is 0. The molecule has 0 amide bonds. The standard InChI is InChI=1S/C10H12ClNO2/c1-3-14-12-7(2)8-4-5-10(13)9(11)6-8/h4-6,13H,3H2,1-2H3/b12-7+. The van der Waals surface area contributed by atoms with Crippen LogP contribution in [0.3, 0.4) is 0 Å². The highest BCUT2D eigenvalue weighted by Crippen LogP contribution is 2.23. The van der Waals surface area contributed by atoms with Gasteiger partial charge in [0.25, 0.3) is 0 Å². The lowest BCUT2D eigenvalue weighted by atomic mass is 10.1. The summed E-state index contributed by atoms with van der Waals surface area (Å²) in [6, 6.07) is 4.91. The Morgan fingerprint density at radius 3 is 2.86 bits per heavy atom. The Morgan fingerprint density at radius 1 is 1.57 bits per heavy atom. The zero-order chi connectivity index (χ0) is 10.6. The lowest BCUT2D eigenvalue weighted by Crippen LogP contribution is -1.96. The maximum absolute atomic E-state index is 9.20. The van der Waals surface area contributed by atoms with Gasteiger partial charge < -0.3 is 9.94 Å². The molecule has 76 valence electrons. The first-order chi connectivity index (χ1) is 6.65. The molecule has 14 heavy (non-hydrogen) atoms. The van der Waals surface area contributed by atoms with E-state index in [0.29, 0.717) is 11.6 Å². The van der Waals surface area contributed by atoms with Crippen molar-refractivity contribution in [3.63, 3.8) is 0 Å². The van der Waals surface area contributed by atoms with Crippen LogP contribution < -0.4 is 0 Å². The first-order valence-electron chi connectivity index (χ1n) is 4.30. The van der Waals surface area contributed by atoms with E-state index in [4.69, 9.17) is 16.4 Å². The molecule has 0 aliphatic carbocycles. The van der Waals surface area contributed by atoms with E-state index in [-0.39, 0.29) is 5.75 Å². The van der Waals surface area contributed by atoms with Gasteiger partial charge in [-0.3, -0.25) is 0 Å². The van der Waals surface area contributed by atoms with Gasteiger partial charge in [-0.25, -0.2) is 0 Å². The minimum atomic E-state index is 0.0691. The number of oxime groups is 1. The quantitative estimate of drug-likeness (QED) is 0.620. The highest BCUT2D eigenvalue weighted by atomic mass is 35.5. The second-order valence-corrected chi connectivity index (χ2v) is 3.17. The number of hydrogen-bond donors (Lipinski definition) is 1. The second-order valence-electron chi connectivity index (χ2n) is 2.76. The van der Waals surface area contributed by atoms with E-state index in [2.05, 4.69) is 5.16 Å². The van der Waals surface area contributed by atoms with E-state index in [9.17, 15) is 5.11 Å². The Balaban J connectivity index is 2.91. The number of hydrogen-bond acceptors (Lipinski definition) is 3. The molecule has 0 spiro atoms. The van der Waals surface area contributed by atoms with Crippen LogP contribution in [0.5, 0.6) is 5.75 Å². The zero-order valence-electron chi connectivity index (χ0n) is 8.12. The molecule has 4 heteroatoms. The molecule has 0 aromatic heterocycles. The molecule has 0 bridgehead atoms. The predicted octanol–water partition coefficient (Wildman–Crippen LogP) is 2.81. The van der Waals surface area contributed by atoms with Gasteiger partial charge in [-0.15, -0.1) is 0 Å². The molecule has 0 saturated heterocycles. The van der Waals surface area contributed by atoms with Crippen molar-refractivity contribution in [2.24, 2.45) is 5.16 Å². The van der Waals surface area contributed by atoms with Crippen LogP contribution in [0.25, 0.3) is 0 Å². The second kappa shape index (κ2) is 4.86. The summed E-state index contributed by atoms with van der Waals surface area (Å²) in [4.78, 5) is 4.90. The first-order valence-corrected chi connectivity index (χ1v) is 4.68. The molecule has 0 heterocycles. The van der Waals surface area contributed by atoms with Gasteiger partial charge in [0.05, 0.1) is 10.7 Å². The average Bonchev–Trinajstić information content (AvgIpc) is 2.18. The molecule has 0 aliphatic rings. The molecule has 0 aliphatic heterocycles. The topological polar surface area (TPSA) is 41.8 Å². The van der Waals surface area contributed by atoms with Crippen molar-refractivity contribution in [3.8, 4) is 5.75 Å². The Hall–Kier alpha value is -1.22. The fourth-order valence-electron chi connectivity index (χ4n) is 0.946. The molecule has 0 atom stereocenters. The summed E-state index contributed by atoms with van der Waals surface area (Å²) in [5.41, 5.74) is 1.56. The molecule has 1 N–H and O–H groups in total. The normalized spacial score (nSPS) is 11.5. The summed E-state index contributed by atoms with van der Waals surface area (Å²) in [7, 11) is 0. The maximum atomic E-state index is 9.20. The van der Waals surface area contributed by atoms with Gasteiger partial charge in [0.2, 0.25) is 0 Å². The molecule has 3 nitrogen and oxygen atoms in total. The van der Waals surface area contributed by atoms with Crippen LogP contribution in [0.2, 0.25) is 5.02 Å². The van der Waals surface area contributed by atoms with Crippen LogP contribution in [-0.2, 0) is 4.84 Å². The lowest BCUT2D eigenvalue weighted by molar-refractivity contribution is 0.159. The van der Waals surface area contributed by atoms with Gasteiger partial charge in [-0.1, -0.05) is 16.8 Å². The maximum Gasteiger partial charge on any atom is 0.134 e. The van der Waals surface area contributed by atoms with Crippen LogP contribution in [0, 0.1) is 0 Å². The molecule has 0 fully saturated rings. The molecular weight excluding hydrogens is 202 g/mol. The average molecular weight is 214 g/mol. The van der Waals surface area contributed by atoms with E-state index in [1.165, 1.54) is 6.07 Å². The Bertz CT molecular complexity index is 350. The van der Waals surface area contributed by atoms with Crippen molar-refractivity contribution in [1.29, 1.82) is 0 Å². The van der Waals surface area contributed by atoms with E-state index < -0.39 is 0 Å². The van der Waals surface area contributed by atoms with Gasteiger partial charge in [-0.05, 0) is 32.0 Å². The van der Waals surface area contributed by atoms with Crippen LogP contribution in [0.1, 0.15) is 19.4 Å². The predicted molar refractivity (Wildman–Crippen MR) is 57.0 cm³/mol. The van der Waals surface area contributed by atoms with Crippen LogP contribution in [0.4, 0.5) is 0 Å². The minimum Gasteiger partial charge on any atom is -0.506 e. The molecule has 1 rings (SSSR count). The lowest BCUT2D eigenvalue weighted by Gasteiger charge is -2.02. The first kappa shape index (κ1) is 10.9. The number of nitrogens with zero attached hydrogens (tertiary/aromatic N) is 1. The number of halogens is 1. The molecule has 0 saturated carbocycles. The van der Waals surface area contributed by atoms with Gasteiger partial charge in [0.1, 0.15) is 12.4 Å². The van der Waals surface area contributed by atoms with Crippen molar-refractivity contribution >= 4 is 17.3 Å². The zero-order valence-corrected chi connectivity index (χ0v) is 8.88. The van der Waals surface area contributed by atoms with Crippen LogP contribution in [-0.4, -0.2) is 17.4 Å². The van der Waals surface area contributed by atoms with Crippen LogP contribution >= 0.6 is 11.6 Å². The Labute approximate surface area is 88.0 Å². The van der Waals surface area contributed by atoms with Crippen molar-refractivity contribution in [3.05, 3.63) is 28.8 Å². The van der Waals surface area contributed by atoms with Crippen molar-refractivity contribution in [1.82, 2.24) is 0 Å². The summed E-state index contributed by atoms with van der Waals surface area (Å²) < 4.78 is 0. The van der Waals surface area contributed by atoms with E-state index >= 15 is 0 Å². The SMILES string of the molecule is CCO/N=C(\C)c1ccc(O)c(Cl)c1. The molecular formula is C10H12ClNO2. The third-order valence-corrected chi connectivity index (χ3v) is 2.00. The van der Waals surface area contributed by atoms with Crippen molar-refractivity contribution in [2.45, 2.75) is 13.8 Å². The summed E-state index contributed by atoms with van der Waals surface area (Å²) in [5.74, 6) is 0.0691. The van der Waals surface area contributed by atoms with E-state index in [1.54, 1.807) is 12.1 Å². The van der Waals surface area contributed by atoms with Crippen molar-refractivity contribution in [2.75, 3.05) is 6.61 Å². The largest absolute Gasteiger partial charge is 0.506 e. The summed E-state index contributed by atoms with van der Waals surface area (Å²) in [5, 5.41) is 13.4. The third-order valence-electron chi connectivity index (χ3n) is 1.70. The number of phenolic OH excluding ortho intramolecular Hbond substituents is 1. The minimum absolute atomic E-state index is 0.0691. The molecule has 1 aromatic rings. The number of rotatable bonds is 3. The van der Waals surface area contributed by atoms with Gasteiger partial charge in [0.15, 0.2) is 0 Å². The van der Waals surface area contributed by atoms with Gasteiger partial charge in [0, 0.05) is 5.56 Å². The molecule has 0 unspecified atom stereocenters. The Kier molecular flexibility index (Phi) is 3.77. The van der Waals surface area contributed by atoms with Gasteiger partial charge in [-0.2, -0.15) is 0 Å². The Morgan fingerprint density at radius 2 is 2.29 bits per heavy atom. The smallest absolute Gasteiger partial charge is 0.134 e. The highest BCUT2D eigenvalue weighted by molar-refractivity contribution is 6.32. The third kappa shape index (κ3) is 2.64. The summed E-state index contributed by atoms with van der Waals surface area (Å²) >= 11 is 5.75. The number of aromatic hydroxyl groups is 1. The monoisotopic (exact) mass is 213 g/mol. The molecule has 1 aromatic carbocycles. The van der Waals surface area contributed by atoms with E-state index in [0.717, 1.165) is 11.3 Å². The van der Waals surface area contributed by atoms with Crippen LogP contribution in [0.15, 0.2) is 23.4 Å². The van der Waals surface area contributed by atoms with E-state index in [1.807, 2.05) is 13.8 Å². The number of phenols is 1. The number of benzene rings is 1. The summed E-state index contributed by atoms with van der Waals surface area (Å²) in [6.45, 7) is 4.21. The van der Waals surface area contributed by atoms with Crippen molar-refractivity contribution < 1.29 is 9.94 Å². The van der Waals surface area contributed by atoms with Gasteiger partial charge >= 0.3 is 0 Å². The fraction of sp³-hybridized carbons (Fsp3) is 0.300. The molecule has 0 radical (unpaired) electrons.